The number of ether oxygens (including phenoxy) is 1. The second kappa shape index (κ2) is 4.27. The summed E-state index contributed by atoms with van der Waals surface area (Å²) >= 11 is 0. The Hall–Kier alpha value is -1.33. The van der Waals surface area contributed by atoms with E-state index in [4.69, 9.17) is 14.3 Å². The van der Waals surface area contributed by atoms with Crippen molar-refractivity contribution in [3.63, 3.8) is 0 Å². The molecule has 1 aromatic heterocycles. The lowest BCUT2D eigenvalue weighted by Crippen LogP contribution is -2.47. The van der Waals surface area contributed by atoms with Crippen LogP contribution in [0.15, 0.2) is 10.5 Å². The lowest BCUT2D eigenvalue weighted by Gasteiger charge is -2.27. The Labute approximate surface area is 93.4 Å². The van der Waals surface area contributed by atoms with E-state index < -0.39 is 12.0 Å². The van der Waals surface area contributed by atoms with Crippen LogP contribution >= 0.6 is 0 Å². The zero-order chi connectivity index (χ0) is 11.7. The molecule has 2 N–H and O–H groups in total. The number of carboxylic acid groups (broad SMARTS) is 1. The molecule has 1 aromatic rings. The maximum absolute atomic E-state index is 10.7. The zero-order valence-electron chi connectivity index (χ0n) is 9.32. The van der Waals surface area contributed by atoms with Crippen LogP contribution in [0.1, 0.15) is 23.2 Å². The summed E-state index contributed by atoms with van der Waals surface area (Å²) in [5.74, 6) is 0.799. The van der Waals surface area contributed by atoms with E-state index in [9.17, 15) is 4.79 Å². The van der Waals surface area contributed by atoms with Gasteiger partial charge in [-0.1, -0.05) is 0 Å². The predicted molar refractivity (Wildman–Crippen MR) is 56.3 cm³/mol. The Bertz CT molecular complexity index is 391. The van der Waals surface area contributed by atoms with Crippen molar-refractivity contribution in [3.05, 3.63) is 23.2 Å². The van der Waals surface area contributed by atoms with E-state index in [1.165, 1.54) is 0 Å². The lowest BCUT2D eigenvalue weighted by atomic mass is 10.1. The maximum atomic E-state index is 10.7. The van der Waals surface area contributed by atoms with Crippen molar-refractivity contribution in [1.29, 1.82) is 0 Å². The molecule has 0 aromatic carbocycles. The van der Waals surface area contributed by atoms with E-state index >= 15 is 0 Å². The summed E-state index contributed by atoms with van der Waals surface area (Å²) in [7, 11) is 0. The van der Waals surface area contributed by atoms with Crippen LogP contribution in [0.5, 0.6) is 0 Å². The number of rotatable bonds is 2. The average molecular weight is 225 g/mol. The van der Waals surface area contributed by atoms with E-state index in [0.717, 1.165) is 17.1 Å². The number of hydrogen-bond acceptors (Lipinski definition) is 4. The molecule has 1 aliphatic heterocycles. The van der Waals surface area contributed by atoms with Crippen molar-refractivity contribution in [2.24, 2.45) is 0 Å². The average Bonchev–Trinajstić information content (AvgIpc) is 2.58. The smallest absolute Gasteiger partial charge is 0.323 e. The molecule has 0 radical (unpaired) electrons. The largest absolute Gasteiger partial charge is 0.480 e. The minimum atomic E-state index is -0.876. The Kier molecular flexibility index (Phi) is 2.98. The van der Waals surface area contributed by atoms with Crippen LogP contribution in [0.4, 0.5) is 0 Å². The first-order chi connectivity index (χ1) is 7.58. The Morgan fingerprint density at radius 2 is 2.31 bits per heavy atom. The highest BCUT2D eigenvalue weighted by atomic mass is 16.5. The number of hydrogen-bond donors (Lipinski definition) is 2. The lowest BCUT2D eigenvalue weighted by molar-refractivity contribution is -0.144. The van der Waals surface area contributed by atoms with E-state index in [1.807, 2.05) is 19.9 Å². The second-order valence-electron chi connectivity index (χ2n) is 3.99. The number of aliphatic carboxylic acids is 1. The van der Waals surface area contributed by atoms with Crippen molar-refractivity contribution < 1.29 is 19.1 Å². The molecule has 2 unspecified atom stereocenters. The van der Waals surface area contributed by atoms with E-state index in [-0.39, 0.29) is 12.7 Å². The SMILES string of the molecule is Cc1cc(C2CNC(C(=O)O)CO2)c(C)o1. The van der Waals surface area contributed by atoms with Gasteiger partial charge in [0.25, 0.3) is 0 Å². The molecule has 0 bridgehead atoms. The van der Waals surface area contributed by atoms with Crippen molar-refractivity contribution in [2.45, 2.75) is 26.0 Å². The number of nitrogens with one attached hydrogen (secondary N) is 1. The van der Waals surface area contributed by atoms with Gasteiger partial charge in [0.1, 0.15) is 17.6 Å². The quantitative estimate of drug-likeness (QED) is 0.786. The monoisotopic (exact) mass is 225 g/mol. The summed E-state index contributed by atoms with van der Waals surface area (Å²) < 4.78 is 10.9. The molecule has 1 aliphatic rings. The van der Waals surface area contributed by atoms with Gasteiger partial charge in [-0.3, -0.25) is 10.1 Å². The number of morpholine rings is 1. The first-order valence-electron chi connectivity index (χ1n) is 5.22. The third-order valence-electron chi connectivity index (χ3n) is 2.74. The predicted octanol–water partition coefficient (Wildman–Crippen LogP) is 1.01. The zero-order valence-corrected chi connectivity index (χ0v) is 9.32. The number of aryl methyl sites for hydroxylation is 2. The molecular formula is C11H15NO4. The number of carbonyl (C=O) groups is 1. The second-order valence-corrected chi connectivity index (χ2v) is 3.99. The van der Waals surface area contributed by atoms with Crippen LogP contribution in [0.3, 0.4) is 0 Å². The van der Waals surface area contributed by atoms with Gasteiger partial charge in [-0.15, -0.1) is 0 Å². The van der Waals surface area contributed by atoms with Crippen molar-refractivity contribution >= 4 is 5.97 Å². The highest BCUT2D eigenvalue weighted by Gasteiger charge is 2.28. The Balaban J connectivity index is 2.04. The first kappa shape index (κ1) is 11.2. The summed E-state index contributed by atoms with van der Waals surface area (Å²) in [5, 5.41) is 11.7. The standard InChI is InChI=1S/C11H15NO4/c1-6-3-8(7(2)16-6)10-4-12-9(5-15-10)11(13)14/h3,9-10,12H,4-5H2,1-2H3,(H,13,14). The van der Waals surface area contributed by atoms with Crippen LogP contribution in [-0.2, 0) is 9.53 Å². The molecule has 5 heteroatoms. The molecule has 0 spiro atoms. The topological polar surface area (TPSA) is 71.7 Å². The molecular weight excluding hydrogens is 210 g/mol. The molecule has 0 aliphatic carbocycles. The van der Waals surface area contributed by atoms with Crippen molar-refractivity contribution in [3.8, 4) is 0 Å². The molecule has 1 saturated heterocycles. The van der Waals surface area contributed by atoms with Crippen molar-refractivity contribution in [1.82, 2.24) is 5.32 Å². The molecule has 2 atom stereocenters. The van der Waals surface area contributed by atoms with Gasteiger partial charge in [0.15, 0.2) is 0 Å². The summed E-state index contributed by atoms with van der Waals surface area (Å²) in [6.07, 6.45) is -0.118. The third-order valence-corrected chi connectivity index (χ3v) is 2.74. The van der Waals surface area contributed by atoms with Gasteiger partial charge in [-0.05, 0) is 19.9 Å². The highest BCUT2D eigenvalue weighted by molar-refractivity contribution is 5.73. The van der Waals surface area contributed by atoms with E-state index in [1.54, 1.807) is 0 Å². The Morgan fingerprint density at radius 1 is 1.56 bits per heavy atom. The van der Waals surface area contributed by atoms with Gasteiger partial charge in [-0.25, -0.2) is 0 Å². The molecule has 5 nitrogen and oxygen atoms in total. The van der Waals surface area contributed by atoms with Gasteiger partial charge in [0.2, 0.25) is 0 Å². The molecule has 1 fully saturated rings. The van der Waals surface area contributed by atoms with Gasteiger partial charge >= 0.3 is 5.97 Å². The molecule has 2 heterocycles. The molecule has 88 valence electrons. The van der Waals surface area contributed by atoms with Crippen LogP contribution in [-0.4, -0.2) is 30.3 Å². The maximum Gasteiger partial charge on any atom is 0.323 e. The van der Waals surface area contributed by atoms with Crippen molar-refractivity contribution in [2.75, 3.05) is 13.2 Å². The summed E-state index contributed by atoms with van der Waals surface area (Å²) in [6.45, 7) is 4.45. The number of carboxylic acids is 1. The molecule has 0 amide bonds. The van der Waals surface area contributed by atoms with Crippen LogP contribution < -0.4 is 5.32 Å². The van der Waals surface area contributed by atoms with E-state index in [0.29, 0.717) is 6.54 Å². The summed E-state index contributed by atoms with van der Waals surface area (Å²) in [4.78, 5) is 10.7. The molecule has 16 heavy (non-hydrogen) atoms. The minimum Gasteiger partial charge on any atom is -0.480 e. The minimum absolute atomic E-state index is 0.118. The first-order valence-corrected chi connectivity index (χ1v) is 5.22. The third kappa shape index (κ3) is 2.10. The van der Waals surface area contributed by atoms with Crippen LogP contribution in [0, 0.1) is 13.8 Å². The normalized spacial score (nSPS) is 25.6. The van der Waals surface area contributed by atoms with E-state index in [2.05, 4.69) is 5.32 Å². The fourth-order valence-electron chi connectivity index (χ4n) is 1.91. The van der Waals surface area contributed by atoms with Crippen LogP contribution in [0.2, 0.25) is 0 Å². The summed E-state index contributed by atoms with van der Waals surface area (Å²) in [5.41, 5.74) is 0.994. The number of furan rings is 1. The Morgan fingerprint density at radius 3 is 2.75 bits per heavy atom. The molecule has 2 rings (SSSR count). The van der Waals surface area contributed by atoms with Crippen LogP contribution in [0.25, 0.3) is 0 Å². The summed E-state index contributed by atoms with van der Waals surface area (Å²) in [6, 6.07) is 1.33. The highest BCUT2D eigenvalue weighted by Crippen LogP contribution is 2.26. The van der Waals surface area contributed by atoms with Gasteiger partial charge in [0.05, 0.1) is 12.7 Å². The fourth-order valence-corrected chi connectivity index (χ4v) is 1.91. The van der Waals surface area contributed by atoms with Gasteiger partial charge in [-0.2, -0.15) is 0 Å². The fraction of sp³-hybridized carbons (Fsp3) is 0.545. The van der Waals surface area contributed by atoms with Gasteiger partial charge in [0, 0.05) is 12.1 Å². The van der Waals surface area contributed by atoms with Gasteiger partial charge < -0.3 is 14.3 Å². The molecule has 0 saturated carbocycles.